The van der Waals surface area contributed by atoms with E-state index in [9.17, 15) is 0 Å². The summed E-state index contributed by atoms with van der Waals surface area (Å²) in [5, 5.41) is 0. The fraction of sp³-hybridized carbons (Fsp3) is 1.00. The fourth-order valence-electron chi connectivity index (χ4n) is 3.58. The minimum absolute atomic E-state index is 0.0416. The first-order valence-corrected chi connectivity index (χ1v) is 7.22. The van der Waals surface area contributed by atoms with Gasteiger partial charge in [-0.1, -0.05) is 0 Å². The molecule has 2 fully saturated rings. The Balaban J connectivity index is 2.13. The van der Waals surface area contributed by atoms with E-state index in [4.69, 9.17) is 10.5 Å². The standard InChI is InChI=1S/C14H29N3O/c1-11(18-4)14(2,10-15)17-8-7-12-5-6-13(9-17)16(12)3/h11-13H,5-10,15H2,1-4H3. The van der Waals surface area contributed by atoms with Crippen LogP contribution in [0, 0.1) is 0 Å². The second kappa shape index (κ2) is 5.45. The molecule has 4 heteroatoms. The molecule has 4 unspecified atom stereocenters. The van der Waals surface area contributed by atoms with Crippen molar-refractivity contribution < 1.29 is 4.74 Å². The number of nitrogens with two attached hydrogens (primary N) is 1. The Labute approximate surface area is 111 Å². The molecule has 2 rings (SSSR count). The summed E-state index contributed by atoms with van der Waals surface area (Å²) in [7, 11) is 4.07. The molecular weight excluding hydrogens is 226 g/mol. The van der Waals surface area contributed by atoms with Gasteiger partial charge in [-0.25, -0.2) is 0 Å². The molecule has 0 aromatic heterocycles. The third-order valence-corrected chi connectivity index (χ3v) is 5.51. The predicted molar refractivity (Wildman–Crippen MR) is 74.7 cm³/mol. The lowest BCUT2D eigenvalue weighted by atomic mass is 9.91. The highest BCUT2D eigenvalue weighted by Gasteiger charge is 2.42. The molecule has 4 atom stereocenters. The molecule has 0 saturated carbocycles. The minimum atomic E-state index is -0.0416. The molecule has 2 bridgehead atoms. The Morgan fingerprint density at radius 1 is 1.33 bits per heavy atom. The topological polar surface area (TPSA) is 41.7 Å². The molecule has 0 aliphatic carbocycles. The van der Waals surface area contributed by atoms with E-state index in [1.54, 1.807) is 7.11 Å². The first-order chi connectivity index (χ1) is 8.52. The molecule has 0 aromatic carbocycles. The largest absolute Gasteiger partial charge is 0.380 e. The van der Waals surface area contributed by atoms with Crippen LogP contribution in [0.3, 0.4) is 0 Å². The molecule has 2 aliphatic rings. The van der Waals surface area contributed by atoms with Crippen LogP contribution in [-0.4, -0.2) is 67.3 Å². The highest BCUT2D eigenvalue weighted by molar-refractivity contribution is 4.99. The lowest BCUT2D eigenvalue weighted by Gasteiger charge is -2.45. The Kier molecular flexibility index (Phi) is 4.32. The first kappa shape index (κ1) is 14.3. The number of hydrogen-bond donors (Lipinski definition) is 1. The Morgan fingerprint density at radius 3 is 2.61 bits per heavy atom. The van der Waals surface area contributed by atoms with Crippen LogP contribution in [0.1, 0.15) is 33.1 Å². The maximum Gasteiger partial charge on any atom is 0.0736 e. The van der Waals surface area contributed by atoms with Gasteiger partial charge in [0.2, 0.25) is 0 Å². The van der Waals surface area contributed by atoms with Crippen molar-refractivity contribution in [2.24, 2.45) is 5.73 Å². The van der Waals surface area contributed by atoms with Crippen molar-refractivity contribution in [1.82, 2.24) is 9.80 Å². The van der Waals surface area contributed by atoms with Crippen LogP contribution in [0.25, 0.3) is 0 Å². The van der Waals surface area contributed by atoms with Crippen LogP contribution in [0.15, 0.2) is 0 Å². The smallest absolute Gasteiger partial charge is 0.0736 e. The quantitative estimate of drug-likeness (QED) is 0.811. The molecular formula is C14H29N3O. The van der Waals surface area contributed by atoms with E-state index in [-0.39, 0.29) is 11.6 Å². The summed E-state index contributed by atoms with van der Waals surface area (Å²) in [6.07, 6.45) is 4.14. The van der Waals surface area contributed by atoms with Gasteiger partial charge in [0.05, 0.1) is 11.6 Å². The molecule has 2 heterocycles. The van der Waals surface area contributed by atoms with Gasteiger partial charge in [-0.05, 0) is 40.2 Å². The lowest BCUT2D eigenvalue weighted by molar-refractivity contribution is -0.0341. The van der Waals surface area contributed by atoms with E-state index in [1.807, 2.05) is 0 Å². The van der Waals surface area contributed by atoms with Gasteiger partial charge in [-0.3, -0.25) is 9.80 Å². The highest BCUT2D eigenvalue weighted by Crippen LogP contribution is 2.32. The Bertz CT molecular complexity index is 286. The summed E-state index contributed by atoms with van der Waals surface area (Å²) in [6, 6.07) is 1.48. The third-order valence-electron chi connectivity index (χ3n) is 5.51. The van der Waals surface area contributed by atoms with Gasteiger partial charge in [-0.2, -0.15) is 0 Å². The van der Waals surface area contributed by atoms with E-state index in [1.165, 1.54) is 19.3 Å². The minimum Gasteiger partial charge on any atom is -0.380 e. The molecule has 4 nitrogen and oxygen atoms in total. The normalized spacial score (nSPS) is 35.2. The van der Waals surface area contributed by atoms with E-state index in [0.29, 0.717) is 12.6 Å². The second-order valence-corrected chi connectivity index (χ2v) is 6.22. The van der Waals surface area contributed by atoms with E-state index in [2.05, 4.69) is 30.7 Å². The summed E-state index contributed by atoms with van der Waals surface area (Å²) >= 11 is 0. The van der Waals surface area contributed by atoms with Gasteiger partial charge in [-0.15, -0.1) is 0 Å². The zero-order valence-corrected chi connectivity index (χ0v) is 12.4. The molecule has 0 amide bonds. The molecule has 2 N–H and O–H groups in total. The number of likely N-dealkylation sites (N-methyl/N-ethyl adjacent to an activating group) is 1. The number of nitrogens with zero attached hydrogens (tertiary/aromatic N) is 2. The van der Waals surface area contributed by atoms with Crippen LogP contribution in [0.2, 0.25) is 0 Å². The zero-order chi connectivity index (χ0) is 13.3. The predicted octanol–water partition coefficient (Wildman–Crippen LogP) is 0.907. The summed E-state index contributed by atoms with van der Waals surface area (Å²) in [6.45, 7) is 7.32. The molecule has 18 heavy (non-hydrogen) atoms. The van der Waals surface area contributed by atoms with Crippen molar-refractivity contribution >= 4 is 0 Å². The number of likely N-dealkylation sites (tertiary alicyclic amines) is 1. The number of methoxy groups -OCH3 is 1. The Morgan fingerprint density at radius 2 is 2.00 bits per heavy atom. The zero-order valence-electron chi connectivity index (χ0n) is 12.4. The second-order valence-electron chi connectivity index (χ2n) is 6.22. The van der Waals surface area contributed by atoms with Crippen LogP contribution in [0.4, 0.5) is 0 Å². The van der Waals surface area contributed by atoms with Gasteiger partial charge in [0.25, 0.3) is 0 Å². The van der Waals surface area contributed by atoms with E-state index < -0.39 is 0 Å². The van der Waals surface area contributed by atoms with E-state index >= 15 is 0 Å². The molecule has 0 aromatic rings. The summed E-state index contributed by atoms with van der Waals surface area (Å²) in [5.41, 5.74) is 6.02. The van der Waals surface area contributed by atoms with Crippen molar-refractivity contribution in [2.45, 2.75) is 56.8 Å². The average Bonchev–Trinajstić information content (AvgIpc) is 2.61. The van der Waals surface area contributed by atoms with Gasteiger partial charge < -0.3 is 10.5 Å². The number of ether oxygens (including phenoxy) is 1. The third kappa shape index (κ3) is 2.31. The summed E-state index contributed by atoms with van der Waals surface area (Å²) in [4.78, 5) is 5.15. The van der Waals surface area contributed by atoms with Gasteiger partial charge in [0, 0.05) is 38.8 Å². The highest BCUT2D eigenvalue weighted by atomic mass is 16.5. The van der Waals surface area contributed by atoms with Crippen LogP contribution >= 0.6 is 0 Å². The van der Waals surface area contributed by atoms with Crippen LogP contribution in [0.5, 0.6) is 0 Å². The maximum absolute atomic E-state index is 6.06. The van der Waals surface area contributed by atoms with Crippen molar-refractivity contribution in [3.8, 4) is 0 Å². The van der Waals surface area contributed by atoms with Crippen LogP contribution in [-0.2, 0) is 4.74 Å². The average molecular weight is 255 g/mol. The first-order valence-electron chi connectivity index (χ1n) is 7.22. The van der Waals surface area contributed by atoms with Gasteiger partial charge in [0.1, 0.15) is 0 Å². The van der Waals surface area contributed by atoms with Gasteiger partial charge in [0.15, 0.2) is 0 Å². The summed E-state index contributed by atoms with van der Waals surface area (Å²) < 4.78 is 5.57. The molecule has 2 aliphatic heterocycles. The van der Waals surface area contributed by atoms with Crippen molar-refractivity contribution in [3.05, 3.63) is 0 Å². The number of hydrogen-bond acceptors (Lipinski definition) is 4. The van der Waals surface area contributed by atoms with Crippen molar-refractivity contribution in [1.29, 1.82) is 0 Å². The van der Waals surface area contributed by atoms with Crippen molar-refractivity contribution in [3.63, 3.8) is 0 Å². The lowest BCUT2D eigenvalue weighted by Crippen LogP contribution is -2.60. The van der Waals surface area contributed by atoms with Gasteiger partial charge >= 0.3 is 0 Å². The number of fused-ring (bicyclic) bond motifs is 2. The van der Waals surface area contributed by atoms with E-state index in [0.717, 1.165) is 19.1 Å². The SMILES string of the molecule is COC(C)C(C)(CN)N1CCC2CCC(C1)N2C. The summed E-state index contributed by atoms with van der Waals surface area (Å²) in [5.74, 6) is 0. The van der Waals surface area contributed by atoms with Crippen LogP contribution < -0.4 is 5.73 Å². The van der Waals surface area contributed by atoms with Crippen molar-refractivity contribution in [2.75, 3.05) is 33.8 Å². The molecule has 106 valence electrons. The molecule has 2 saturated heterocycles. The Hall–Kier alpha value is -0.160. The number of rotatable bonds is 4. The monoisotopic (exact) mass is 255 g/mol. The fourth-order valence-corrected chi connectivity index (χ4v) is 3.58. The molecule has 0 spiro atoms. The molecule has 0 radical (unpaired) electrons. The maximum atomic E-state index is 6.06.